The first-order valence-corrected chi connectivity index (χ1v) is 12.0. The second kappa shape index (κ2) is 11.3. The SMILES string of the molecule is Cc1ccc(NC(=O)/C(C#N)=C\c2cc(C)n(-c3ccc(Oc4ccc([N+](=O)[O-])cc4[N+](=O)[O-])cc3)c2C)cc1. The topological polar surface area (TPSA) is 153 Å². The highest BCUT2D eigenvalue weighted by Gasteiger charge is 2.21. The predicted octanol–water partition coefficient (Wildman–Crippen LogP) is 6.56. The van der Waals surface area contributed by atoms with Crippen molar-refractivity contribution in [2.75, 3.05) is 5.32 Å². The standard InChI is InChI=1S/C29H23N5O6/c1-18-4-6-23(7-5-18)31-29(35)22(17-30)15-21-14-19(2)32(20(21)3)24-8-11-26(12-9-24)40-28-13-10-25(33(36)37)16-27(28)34(38)39/h4-16H,1-3H3,(H,31,35)/b22-15-. The van der Waals surface area contributed by atoms with Gasteiger partial charge in [-0.2, -0.15) is 5.26 Å². The van der Waals surface area contributed by atoms with Crippen molar-refractivity contribution in [3.63, 3.8) is 0 Å². The molecule has 0 spiro atoms. The number of nitrogens with zero attached hydrogens (tertiary/aromatic N) is 4. The lowest BCUT2D eigenvalue weighted by Gasteiger charge is -2.11. The summed E-state index contributed by atoms with van der Waals surface area (Å²) in [5.74, 6) is -0.349. The van der Waals surface area contributed by atoms with Crippen molar-refractivity contribution in [1.29, 1.82) is 5.26 Å². The second-order valence-corrected chi connectivity index (χ2v) is 8.91. The lowest BCUT2D eigenvalue weighted by molar-refractivity contribution is -0.394. The molecule has 0 saturated carbocycles. The number of rotatable bonds is 8. The van der Waals surface area contributed by atoms with E-state index in [4.69, 9.17) is 4.74 Å². The number of aromatic nitrogens is 1. The van der Waals surface area contributed by atoms with Crippen molar-refractivity contribution in [2.24, 2.45) is 0 Å². The summed E-state index contributed by atoms with van der Waals surface area (Å²) < 4.78 is 7.57. The largest absolute Gasteiger partial charge is 0.450 e. The van der Waals surface area contributed by atoms with E-state index in [0.717, 1.165) is 34.8 Å². The minimum absolute atomic E-state index is 0.0470. The molecule has 40 heavy (non-hydrogen) atoms. The normalized spacial score (nSPS) is 11.0. The first-order chi connectivity index (χ1) is 19.1. The van der Waals surface area contributed by atoms with Gasteiger partial charge >= 0.3 is 5.69 Å². The van der Waals surface area contributed by atoms with Crippen LogP contribution in [0.3, 0.4) is 0 Å². The molecule has 0 unspecified atom stereocenters. The predicted molar refractivity (Wildman–Crippen MR) is 148 cm³/mol. The van der Waals surface area contributed by atoms with Gasteiger partial charge in [-0.3, -0.25) is 25.0 Å². The van der Waals surface area contributed by atoms with Crippen molar-refractivity contribution in [3.8, 4) is 23.3 Å². The third kappa shape index (κ3) is 5.87. The van der Waals surface area contributed by atoms with Crippen LogP contribution in [0.2, 0.25) is 0 Å². The third-order valence-electron chi connectivity index (χ3n) is 6.12. The van der Waals surface area contributed by atoms with Crippen LogP contribution in [0.15, 0.2) is 78.4 Å². The fourth-order valence-corrected chi connectivity index (χ4v) is 4.11. The summed E-state index contributed by atoms with van der Waals surface area (Å²) in [5, 5.41) is 34.7. The Balaban J connectivity index is 1.57. The second-order valence-electron chi connectivity index (χ2n) is 8.91. The van der Waals surface area contributed by atoms with Crippen molar-refractivity contribution in [2.45, 2.75) is 20.8 Å². The number of hydrogen-bond acceptors (Lipinski definition) is 7. The monoisotopic (exact) mass is 537 g/mol. The van der Waals surface area contributed by atoms with Gasteiger partial charge in [0.25, 0.3) is 11.6 Å². The van der Waals surface area contributed by atoms with Crippen molar-refractivity contribution in [1.82, 2.24) is 4.57 Å². The zero-order valence-corrected chi connectivity index (χ0v) is 21.7. The maximum absolute atomic E-state index is 12.7. The van der Waals surface area contributed by atoms with Crippen molar-refractivity contribution >= 4 is 29.0 Å². The molecule has 0 fully saturated rings. The molecule has 4 rings (SSSR count). The fraction of sp³-hybridized carbons (Fsp3) is 0.103. The Labute approximate surface area is 228 Å². The smallest absolute Gasteiger partial charge is 0.318 e. The number of hydrogen-bond donors (Lipinski definition) is 1. The summed E-state index contributed by atoms with van der Waals surface area (Å²) in [4.78, 5) is 33.6. The number of carbonyl (C=O) groups excluding carboxylic acids is 1. The van der Waals surface area contributed by atoms with Crippen molar-refractivity contribution < 1.29 is 19.4 Å². The minimum Gasteiger partial charge on any atom is -0.450 e. The molecule has 1 heterocycles. The van der Waals surface area contributed by atoms with E-state index in [2.05, 4.69) is 5.32 Å². The van der Waals surface area contributed by atoms with Gasteiger partial charge in [0.2, 0.25) is 5.75 Å². The zero-order valence-electron chi connectivity index (χ0n) is 21.7. The molecule has 1 aromatic heterocycles. The highest BCUT2D eigenvalue weighted by Crippen LogP contribution is 2.35. The number of carbonyl (C=O) groups is 1. The Morgan fingerprint density at radius 3 is 2.23 bits per heavy atom. The lowest BCUT2D eigenvalue weighted by Crippen LogP contribution is -2.13. The van der Waals surface area contributed by atoms with Crippen molar-refractivity contribution in [3.05, 3.63) is 121 Å². The van der Waals surface area contributed by atoms with Crippen LogP contribution in [-0.2, 0) is 4.79 Å². The summed E-state index contributed by atoms with van der Waals surface area (Å²) in [6.07, 6.45) is 1.54. The fourth-order valence-electron chi connectivity index (χ4n) is 4.11. The van der Waals surface area contributed by atoms with Crippen LogP contribution < -0.4 is 10.1 Å². The van der Waals surface area contributed by atoms with Gasteiger partial charge in [-0.25, -0.2) is 0 Å². The van der Waals surface area contributed by atoms with E-state index >= 15 is 0 Å². The number of nitro groups is 2. The van der Waals surface area contributed by atoms with Crippen LogP contribution in [0.25, 0.3) is 11.8 Å². The quantitative estimate of drug-likeness (QED) is 0.116. The number of amides is 1. The number of nitrogens with one attached hydrogen (secondary N) is 1. The van der Waals surface area contributed by atoms with Crippen LogP contribution in [0.5, 0.6) is 11.5 Å². The first kappa shape index (κ1) is 27.3. The van der Waals surface area contributed by atoms with Crippen LogP contribution in [0.4, 0.5) is 17.1 Å². The number of anilines is 1. The van der Waals surface area contributed by atoms with Gasteiger partial charge < -0.3 is 14.6 Å². The van der Waals surface area contributed by atoms with Gasteiger partial charge in [-0.05, 0) is 80.9 Å². The Morgan fingerprint density at radius 2 is 1.62 bits per heavy atom. The molecule has 1 N–H and O–H groups in total. The first-order valence-electron chi connectivity index (χ1n) is 12.0. The Kier molecular flexibility index (Phi) is 7.72. The van der Waals surface area contributed by atoms with E-state index in [1.54, 1.807) is 36.4 Å². The van der Waals surface area contributed by atoms with Crippen LogP contribution in [0, 0.1) is 52.3 Å². The van der Waals surface area contributed by atoms with Gasteiger partial charge in [0.1, 0.15) is 17.4 Å². The molecule has 11 heteroatoms. The Morgan fingerprint density at radius 1 is 0.950 bits per heavy atom. The number of aryl methyl sites for hydroxylation is 2. The highest BCUT2D eigenvalue weighted by atomic mass is 16.6. The van der Waals surface area contributed by atoms with E-state index in [1.807, 2.05) is 49.6 Å². The molecule has 11 nitrogen and oxygen atoms in total. The minimum atomic E-state index is -0.741. The van der Waals surface area contributed by atoms with Crippen LogP contribution in [-0.4, -0.2) is 20.3 Å². The average Bonchev–Trinajstić information content (AvgIpc) is 3.21. The summed E-state index contributed by atoms with van der Waals surface area (Å²) in [7, 11) is 0. The van der Waals surface area contributed by atoms with Gasteiger partial charge in [-0.15, -0.1) is 0 Å². The van der Waals surface area contributed by atoms with Gasteiger partial charge in [0.15, 0.2) is 0 Å². The Bertz CT molecular complexity index is 1700. The van der Waals surface area contributed by atoms with E-state index < -0.39 is 27.1 Å². The summed E-state index contributed by atoms with van der Waals surface area (Å²) >= 11 is 0. The molecule has 0 bridgehead atoms. The number of nitro benzene ring substituents is 2. The molecule has 0 aliphatic heterocycles. The molecular formula is C29H23N5O6. The molecule has 0 atom stereocenters. The van der Waals surface area contributed by atoms with Gasteiger partial charge in [-0.1, -0.05) is 17.7 Å². The molecule has 0 aliphatic carbocycles. The van der Waals surface area contributed by atoms with Gasteiger partial charge in [0.05, 0.1) is 15.9 Å². The maximum Gasteiger partial charge on any atom is 0.318 e. The number of nitriles is 1. The molecule has 3 aromatic carbocycles. The average molecular weight is 538 g/mol. The summed E-state index contributed by atoms with van der Waals surface area (Å²) in [6.45, 7) is 5.68. The molecule has 200 valence electrons. The zero-order chi connectivity index (χ0) is 29.0. The van der Waals surface area contributed by atoms with E-state index in [9.17, 15) is 30.3 Å². The summed E-state index contributed by atoms with van der Waals surface area (Å²) in [5.41, 5.74) is 3.73. The highest BCUT2D eigenvalue weighted by molar-refractivity contribution is 6.09. The van der Waals surface area contributed by atoms with E-state index in [0.29, 0.717) is 17.0 Å². The van der Waals surface area contributed by atoms with Crippen LogP contribution in [0.1, 0.15) is 22.5 Å². The number of benzene rings is 3. The summed E-state index contributed by atoms with van der Waals surface area (Å²) in [6, 6.07) is 21.0. The molecule has 4 aromatic rings. The maximum atomic E-state index is 12.7. The molecule has 0 aliphatic rings. The Hall–Kier alpha value is -5.76. The molecular weight excluding hydrogens is 514 g/mol. The molecule has 0 saturated heterocycles. The van der Waals surface area contributed by atoms with E-state index in [1.165, 1.54) is 12.1 Å². The van der Waals surface area contributed by atoms with Crippen LogP contribution >= 0.6 is 0 Å². The van der Waals surface area contributed by atoms with E-state index in [-0.39, 0.29) is 11.3 Å². The molecule has 0 radical (unpaired) electrons. The third-order valence-corrected chi connectivity index (χ3v) is 6.12. The lowest BCUT2D eigenvalue weighted by atomic mass is 10.1. The van der Waals surface area contributed by atoms with Gasteiger partial charge in [0, 0.05) is 28.8 Å². The number of ether oxygens (including phenoxy) is 1. The number of non-ortho nitro benzene ring substituents is 1. The molecule has 1 amide bonds.